The molecule has 10 aromatic rings. The van der Waals surface area contributed by atoms with Gasteiger partial charge in [-0.2, -0.15) is 0 Å². The van der Waals surface area contributed by atoms with Gasteiger partial charge in [0.1, 0.15) is 0 Å². The van der Waals surface area contributed by atoms with Crippen LogP contribution in [0.5, 0.6) is 0 Å². The van der Waals surface area contributed by atoms with E-state index in [1.165, 1.54) is 0 Å². The van der Waals surface area contributed by atoms with Crippen molar-refractivity contribution in [2.45, 2.75) is 0 Å². The minimum atomic E-state index is -0.420. The molecular formula is C48H30. The van der Waals surface area contributed by atoms with E-state index in [1.54, 1.807) is 0 Å². The largest absolute Gasteiger partial charge is 0.0629 e. The van der Waals surface area contributed by atoms with Crippen molar-refractivity contribution in [1.82, 2.24) is 0 Å². The van der Waals surface area contributed by atoms with Crippen LogP contribution < -0.4 is 0 Å². The molecule has 0 aromatic heterocycles. The van der Waals surface area contributed by atoms with Gasteiger partial charge in [0, 0.05) is 0 Å². The van der Waals surface area contributed by atoms with Crippen molar-refractivity contribution in [3.63, 3.8) is 0 Å². The maximum Gasteiger partial charge on any atom is 0.0629 e. The Morgan fingerprint density at radius 2 is 0.854 bits per heavy atom. The van der Waals surface area contributed by atoms with Crippen LogP contribution in [0, 0.1) is 0 Å². The summed E-state index contributed by atoms with van der Waals surface area (Å²) >= 11 is 0. The van der Waals surface area contributed by atoms with Crippen LogP contribution in [0.3, 0.4) is 0 Å². The lowest BCUT2D eigenvalue weighted by Crippen LogP contribution is -1.92. The molecule has 0 aliphatic rings. The molecule has 0 aliphatic carbocycles. The Kier molecular flexibility index (Phi) is 4.46. The number of fused-ring (bicyclic) bond motifs is 7. The fourth-order valence-corrected chi connectivity index (χ4v) is 7.41. The first-order valence-electron chi connectivity index (χ1n) is 20.0. The zero-order chi connectivity index (χ0) is 38.6. The predicted molar refractivity (Wildman–Crippen MR) is 208 cm³/mol. The molecule has 10 aromatic carbocycles. The first-order valence-corrected chi connectivity index (χ1v) is 16.0. The molecule has 0 N–H and O–H groups in total. The Morgan fingerprint density at radius 3 is 1.58 bits per heavy atom. The van der Waals surface area contributed by atoms with Crippen molar-refractivity contribution >= 4 is 64.6 Å². The Balaban J connectivity index is 1.38. The van der Waals surface area contributed by atoms with E-state index in [1.807, 2.05) is 91.0 Å². The third-order valence-electron chi connectivity index (χ3n) is 9.62. The molecule has 0 radical (unpaired) electrons. The topological polar surface area (TPSA) is 0 Å². The average Bonchev–Trinajstić information content (AvgIpc) is 3.24. The molecule has 0 heteroatoms. The maximum atomic E-state index is 9.47. The first kappa shape index (κ1) is 20.1. The van der Waals surface area contributed by atoms with Gasteiger partial charge in [-0.1, -0.05) is 158 Å². The van der Waals surface area contributed by atoms with Crippen LogP contribution in [-0.2, 0) is 0 Å². The Bertz CT molecular complexity index is 3270. The lowest BCUT2D eigenvalue weighted by molar-refractivity contribution is 1.63. The monoisotopic (exact) mass is 614 g/mol. The summed E-state index contributed by atoms with van der Waals surface area (Å²) in [4.78, 5) is 0. The van der Waals surface area contributed by atoms with E-state index in [0.29, 0.717) is 22.3 Å². The molecule has 0 fully saturated rings. The van der Waals surface area contributed by atoms with Crippen molar-refractivity contribution < 1.29 is 11.0 Å². The summed E-state index contributed by atoms with van der Waals surface area (Å²) in [7, 11) is 0. The van der Waals surface area contributed by atoms with E-state index in [2.05, 4.69) is 42.5 Å². The van der Waals surface area contributed by atoms with Crippen molar-refractivity contribution in [2.75, 3.05) is 0 Å². The van der Waals surface area contributed by atoms with Gasteiger partial charge in [-0.3, -0.25) is 0 Å². The molecule has 48 heavy (non-hydrogen) atoms. The predicted octanol–water partition coefficient (Wildman–Crippen LogP) is 13.6. The highest BCUT2D eigenvalue weighted by atomic mass is 14.2. The maximum absolute atomic E-state index is 9.47. The number of benzene rings is 10. The highest BCUT2D eigenvalue weighted by Crippen LogP contribution is 2.46. The second kappa shape index (κ2) is 10.7. The molecule has 0 saturated carbocycles. The highest BCUT2D eigenvalue weighted by molar-refractivity contribution is 6.25. The summed E-state index contributed by atoms with van der Waals surface area (Å²) in [5.74, 6) is 0. The van der Waals surface area contributed by atoms with Crippen LogP contribution in [0.1, 0.15) is 11.0 Å². The lowest BCUT2D eigenvalue weighted by Gasteiger charge is -2.19. The van der Waals surface area contributed by atoms with E-state index >= 15 is 0 Å². The van der Waals surface area contributed by atoms with Gasteiger partial charge in [0.25, 0.3) is 0 Å². The van der Waals surface area contributed by atoms with Crippen molar-refractivity contribution in [3.8, 4) is 33.4 Å². The molecule has 0 aliphatic heterocycles. The molecule has 0 nitrogen and oxygen atoms in total. The molecule has 10 rings (SSSR count). The third-order valence-corrected chi connectivity index (χ3v) is 9.62. The SMILES string of the molecule is [2H]c1c([2H])c([2H])c2c(-c3cccc4c3ccc3cc5ccccc5cc34)c3c([2H])c([2H])c([2H])c([2H])c3c(-c3cccc(-c4ccc5ccccc5c4)c3)c2c1[2H]. The van der Waals surface area contributed by atoms with Gasteiger partial charge in [-0.05, 0) is 122 Å². The summed E-state index contributed by atoms with van der Waals surface area (Å²) in [6.45, 7) is 0. The van der Waals surface area contributed by atoms with Gasteiger partial charge >= 0.3 is 0 Å². The zero-order valence-corrected chi connectivity index (χ0v) is 25.7. The first-order chi connectivity index (χ1) is 27.1. The second-order valence-electron chi connectivity index (χ2n) is 12.3. The summed E-state index contributed by atoms with van der Waals surface area (Å²) in [6.07, 6.45) is 0. The fourth-order valence-electron chi connectivity index (χ4n) is 7.41. The quantitative estimate of drug-likeness (QED) is 0.137. The minimum Gasteiger partial charge on any atom is -0.0616 e. The smallest absolute Gasteiger partial charge is 0.0616 e. The van der Waals surface area contributed by atoms with Crippen LogP contribution in [0.4, 0.5) is 0 Å². The third kappa shape index (κ3) is 4.16. The van der Waals surface area contributed by atoms with E-state index < -0.39 is 24.2 Å². The van der Waals surface area contributed by atoms with E-state index in [4.69, 9.17) is 5.48 Å². The molecule has 0 heterocycles. The molecule has 0 bridgehead atoms. The standard InChI is InChI=1S/C48H30/c1-2-12-32-27-36(24-23-31(32)11-1)34-15-9-16-38(29-34)47-42-17-5-7-19-44(42)48(45-20-8-6-18-43(45)47)41-22-10-21-39-40(41)26-25-37-28-33-13-3-4-14-35(33)30-46(37)39/h1-30H/i5D,6D,7D,8D,17D,18D,19D,20D. The van der Waals surface area contributed by atoms with Gasteiger partial charge in [-0.15, -0.1) is 0 Å². The molecule has 0 saturated heterocycles. The molecule has 0 amide bonds. The molecule has 0 atom stereocenters. The number of rotatable bonds is 3. The fraction of sp³-hybridized carbons (Fsp3) is 0. The Hall–Kier alpha value is -6.24. The van der Waals surface area contributed by atoms with Gasteiger partial charge < -0.3 is 0 Å². The number of hydrogen-bond donors (Lipinski definition) is 0. The molecule has 222 valence electrons. The van der Waals surface area contributed by atoms with E-state index in [0.717, 1.165) is 54.2 Å². The summed E-state index contributed by atoms with van der Waals surface area (Å²) in [6, 6.07) is 41.4. The van der Waals surface area contributed by atoms with Crippen LogP contribution in [0.15, 0.2) is 182 Å². The van der Waals surface area contributed by atoms with Gasteiger partial charge in [0.15, 0.2) is 0 Å². The summed E-state index contributed by atoms with van der Waals surface area (Å²) in [5.41, 5.74) is 3.65. The zero-order valence-electron chi connectivity index (χ0n) is 33.7. The lowest BCUT2D eigenvalue weighted by atomic mass is 9.84. The van der Waals surface area contributed by atoms with Crippen LogP contribution >= 0.6 is 0 Å². The van der Waals surface area contributed by atoms with Gasteiger partial charge in [0.2, 0.25) is 0 Å². The van der Waals surface area contributed by atoms with E-state index in [-0.39, 0.29) is 45.7 Å². The molecule has 0 unspecified atom stereocenters. The highest BCUT2D eigenvalue weighted by Gasteiger charge is 2.18. The average molecular weight is 615 g/mol. The van der Waals surface area contributed by atoms with Crippen molar-refractivity contribution in [2.24, 2.45) is 0 Å². The number of hydrogen-bond acceptors (Lipinski definition) is 0. The Labute approximate surface area is 290 Å². The van der Waals surface area contributed by atoms with Crippen LogP contribution in [-0.4, -0.2) is 0 Å². The van der Waals surface area contributed by atoms with Crippen molar-refractivity contribution in [3.05, 3.63) is 182 Å². The van der Waals surface area contributed by atoms with Crippen LogP contribution in [0.2, 0.25) is 0 Å². The van der Waals surface area contributed by atoms with Gasteiger partial charge in [-0.25, -0.2) is 0 Å². The molecule has 0 spiro atoms. The minimum absolute atomic E-state index is 0.197. The normalized spacial score (nSPS) is 14.1. The molecular weight excluding hydrogens is 577 g/mol. The van der Waals surface area contributed by atoms with E-state index in [9.17, 15) is 5.48 Å². The summed E-state index contributed by atoms with van der Waals surface area (Å²) < 4.78 is 73.4. The van der Waals surface area contributed by atoms with Crippen molar-refractivity contribution in [1.29, 1.82) is 0 Å². The van der Waals surface area contributed by atoms with Gasteiger partial charge in [0.05, 0.1) is 11.0 Å². The Morgan fingerprint density at radius 1 is 0.292 bits per heavy atom. The second-order valence-corrected chi connectivity index (χ2v) is 12.3. The van der Waals surface area contributed by atoms with Crippen LogP contribution in [0.25, 0.3) is 98.0 Å². The summed E-state index contributed by atoms with van der Waals surface area (Å²) in [5, 5.41) is 8.90.